The summed E-state index contributed by atoms with van der Waals surface area (Å²) in [6, 6.07) is 0. The Morgan fingerprint density at radius 1 is 1.62 bits per heavy atom. The molecule has 0 bridgehead atoms. The molecule has 1 aromatic heterocycles. The smallest absolute Gasteiger partial charge is 0.266 e. The van der Waals surface area contributed by atoms with Gasteiger partial charge in [-0.25, -0.2) is 8.78 Å². The first kappa shape index (κ1) is 9.57. The lowest BCUT2D eigenvalue weighted by molar-refractivity contribution is 0.110. The van der Waals surface area contributed by atoms with Crippen LogP contribution in [0, 0.1) is 6.92 Å². The minimum absolute atomic E-state index is 0.111. The van der Waals surface area contributed by atoms with Gasteiger partial charge in [0.2, 0.25) is 0 Å². The Balaban J connectivity index is 3.41. The molecule has 0 aromatic carbocycles. The summed E-state index contributed by atoms with van der Waals surface area (Å²) in [5.41, 5.74) is 4.97. The van der Waals surface area contributed by atoms with Gasteiger partial charge in [0.25, 0.3) is 6.43 Å². The number of hydrogen-bond donors (Lipinski definition) is 1. The van der Waals surface area contributed by atoms with E-state index in [1.807, 2.05) is 0 Å². The predicted molar refractivity (Wildman–Crippen MR) is 43.7 cm³/mol. The van der Waals surface area contributed by atoms with Gasteiger partial charge in [0.05, 0.1) is 16.9 Å². The number of carbonyl (C=O) groups is 1. The Morgan fingerprint density at radius 2 is 2.23 bits per heavy atom. The number of anilines is 1. The number of carbonyl (C=O) groups excluding carboxylic acids is 1. The molecule has 0 aliphatic rings. The second-order valence-electron chi connectivity index (χ2n) is 2.54. The second-order valence-corrected chi connectivity index (χ2v) is 2.54. The number of rotatable bonds is 2. The van der Waals surface area contributed by atoms with Crippen molar-refractivity contribution in [3.8, 4) is 0 Å². The molecule has 0 unspecified atom stereocenters. The molecule has 0 saturated heterocycles. The fourth-order valence-electron chi connectivity index (χ4n) is 0.993. The third-order valence-electron chi connectivity index (χ3n) is 1.73. The van der Waals surface area contributed by atoms with E-state index in [2.05, 4.69) is 4.98 Å². The molecule has 1 heterocycles. The number of nitrogens with two attached hydrogens (primary N) is 1. The molecule has 0 atom stereocenters. The van der Waals surface area contributed by atoms with Gasteiger partial charge >= 0.3 is 0 Å². The summed E-state index contributed by atoms with van der Waals surface area (Å²) < 4.78 is 24.8. The second kappa shape index (κ2) is 3.47. The molecular formula is C8H8F2N2O. The standard InChI is InChI=1S/C8H8F2N2O/c1-4-7(11)6(8(9)10)5(3-13)2-12-4/h2-3,8H,11H2,1H3. The van der Waals surface area contributed by atoms with E-state index in [1.54, 1.807) is 0 Å². The molecule has 0 saturated carbocycles. The monoisotopic (exact) mass is 186 g/mol. The molecule has 1 aromatic rings. The average Bonchev–Trinajstić information content (AvgIpc) is 2.08. The van der Waals surface area contributed by atoms with Gasteiger partial charge < -0.3 is 5.73 Å². The van der Waals surface area contributed by atoms with Crippen LogP contribution < -0.4 is 5.73 Å². The molecule has 2 N–H and O–H groups in total. The summed E-state index contributed by atoms with van der Waals surface area (Å²) >= 11 is 0. The van der Waals surface area contributed by atoms with Crippen molar-refractivity contribution >= 4 is 12.0 Å². The molecule has 0 radical (unpaired) electrons. The molecule has 13 heavy (non-hydrogen) atoms. The highest BCUT2D eigenvalue weighted by atomic mass is 19.3. The van der Waals surface area contributed by atoms with Crippen LogP contribution in [0.25, 0.3) is 0 Å². The fourth-order valence-corrected chi connectivity index (χ4v) is 0.993. The number of aldehydes is 1. The van der Waals surface area contributed by atoms with Crippen molar-refractivity contribution in [1.82, 2.24) is 4.98 Å². The average molecular weight is 186 g/mol. The first-order valence-corrected chi connectivity index (χ1v) is 3.56. The maximum atomic E-state index is 12.4. The maximum absolute atomic E-state index is 12.4. The number of hydrogen-bond acceptors (Lipinski definition) is 3. The number of nitrogen functional groups attached to an aromatic ring is 1. The molecule has 1 rings (SSSR count). The van der Waals surface area contributed by atoms with E-state index in [1.165, 1.54) is 6.92 Å². The molecule has 5 heteroatoms. The van der Waals surface area contributed by atoms with Crippen molar-refractivity contribution in [3.05, 3.63) is 23.0 Å². The predicted octanol–water partition coefficient (Wildman–Crippen LogP) is 1.72. The maximum Gasteiger partial charge on any atom is 0.266 e. The van der Waals surface area contributed by atoms with E-state index in [-0.39, 0.29) is 11.3 Å². The Kier molecular flexibility index (Phi) is 2.55. The van der Waals surface area contributed by atoms with E-state index in [9.17, 15) is 13.6 Å². The van der Waals surface area contributed by atoms with Crippen molar-refractivity contribution in [3.63, 3.8) is 0 Å². The van der Waals surface area contributed by atoms with Crippen LogP contribution in [-0.2, 0) is 0 Å². The van der Waals surface area contributed by atoms with Crippen LogP contribution in [0.15, 0.2) is 6.20 Å². The first-order chi connectivity index (χ1) is 6.07. The number of aryl methyl sites for hydroxylation is 1. The van der Waals surface area contributed by atoms with E-state index in [0.29, 0.717) is 12.0 Å². The van der Waals surface area contributed by atoms with Crippen LogP contribution in [0.3, 0.4) is 0 Å². The van der Waals surface area contributed by atoms with E-state index < -0.39 is 12.0 Å². The topological polar surface area (TPSA) is 56.0 Å². The van der Waals surface area contributed by atoms with Crippen molar-refractivity contribution in [2.24, 2.45) is 0 Å². The summed E-state index contributed by atoms with van der Waals surface area (Å²) in [7, 11) is 0. The van der Waals surface area contributed by atoms with Crippen LogP contribution in [0.4, 0.5) is 14.5 Å². The minimum atomic E-state index is -2.75. The lowest BCUT2D eigenvalue weighted by Gasteiger charge is -2.08. The highest BCUT2D eigenvalue weighted by Crippen LogP contribution is 2.28. The largest absolute Gasteiger partial charge is 0.397 e. The van der Waals surface area contributed by atoms with Crippen molar-refractivity contribution in [1.29, 1.82) is 0 Å². The number of aromatic nitrogens is 1. The number of nitrogens with zero attached hydrogens (tertiary/aromatic N) is 1. The zero-order valence-electron chi connectivity index (χ0n) is 6.92. The van der Waals surface area contributed by atoms with Gasteiger partial charge in [-0.2, -0.15) is 0 Å². The third-order valence-corrected chi connectivity index (χ3v) is 1.73. The highest BCUT2D eigenvalue weighted by Gasteiger charge is 2.18. The normalized spacial score (nSPS) is 10.5. The van der Waals surface area contributed by atoms with Crippen molar-refractivity contribution in [2.75, 3.05) is 5.73 Å². The zero-order chi connectivity index (χ0) is 10.0. The summed E-state index contributed by atoms with van der Waals surface area (Å²) in [6.45, 7) is 1.51. The summed E-state index contributed by atoms with van der Waals surface area (Å²) in [5.74, 6) is 0. The Morgan fingerprint density at radius 3 is 2.69 bits per heavy atom. The third kappa shape index (κ3) is 1.63. The van der Waals surface area contributed by atoms with Crippen molar-refractivity contribution in [2.45, 2.75) is 13.3 Å². The summed E-state index contributed by atoms with van der Waals surface area (Å²) in [5, 5.41) is 0. The van der Waals surface area contributed by atoms with E-state index in [4.69, 9.17) is 5.73 Å². The lowest BCUT2D eigenvalue weighted by Crippen LogP contribution is -2.04. The Labute approximate surface area is 73.6 Å². The van der Waals surface area contributed by atoms with E-state index in [0.717, 1.165) is 6.20 Å². The van der Waals surface area contributed by atoms with Crippen LogP contribution in [0.2, 0.25) is 0 Å². The molecule has 70 valence electrons. The minimum Gasteiger partial charge on any atom is -0.397 e. The number of halogens is 2. The first-order valence-electron chi connectivity index (χ1n) is 3.56. The quantitative estimate of drug-likeness (QED) is 0.715. The highest BCUT2D eigenvalue weighted by molar-refractivity contribution is 5.80. The van der Waals surface area contributed by atoms with Gasteiger partial charge in [-0.1, -0.05) is 0 Å². The summed E-state index contributed by atoms with van der Waals surface area (Å²) in [6.07, 6.45) is -1.33. The van der Waals surface area contributed by atoms with Gasteiger partial charge in [0.1, 0.15) is 0 Å². The summed E-state index contributed by atoms with van der Waals surface area (Å²) in [4.78, 5) is 14.1. The molecule has 0 spiro atoms. The van der Waals surface area contributed by atoms with Gasteiger partial charge in [0, 0.05) is 11.8 Å². The number of alkyl halides is 2. The number of pyridine rings is 1. The molecule has 0 amide bonds. The van der Waals surface area contributed by atoms with Crippen LogP contribution in [0.5, 0.6) is 0 Å². The Hall–Kier alpha value is -1.52. The fraction of sp³-hybridized carbons (Fsp3) is 0.250. The van der Waals surface area contributed by atoms with Crippen LogP contribution in [-0.4, -0.2) is 11.3 Å². The SMILES string of the molecule is Cc1ncc(C=O)c(C(F)F)c1N. The van der Waals surface area contributed by atoms with Gasteiger partial charge in [-0.15, -0.1) is 0 Å². The van der Waals surface area contributed by atoms with Gasteiger partial charge in [-0.05, 0) is 6.92 Å². The van der Waals surface area contributed by atoms with Crippen molar-refractivity contribution < 1.29 is 13.6 Å². The van der Waals surface area contributed by atoms with Gasteiger partial charge in [-0.3, -0.25) is 9.78 Å². The van der Waals surface area contributed by atoms with E-state index >= 15 is 0 Å². The lowest BCUT2D eigenvalue weighted by atomic mass is 10.1. The molecule has 3 nitrogen and oxygen atoms in total. The molecule has 0 aliphatic carbocycles. The van der Waals surface area contributed by atoms with Crippen LogP contribution >= 0.6 is 0 Å². The van der Waals surface area contributed by atoms with Crippen LogP contribution in [0.1, 0.15) is 28.0 Å². The Bertz CT molecular complexity index is 339. The molecular weight excluding hydrogens is 178 g/mol. The van der Waals surface area contributed by atoms with Gasteiger partial charge in [0.15, 0.2) is 6.29 Å². The molecule has 0 fully saturated rings. The molecule has 0 aliphatic heterocycles. The zero-order valence-corrected chi connectivity index (χ0v) is 6.92.